The van der Waals surface area contributed by atoms with Gasteiger partial charge in [-0.05, 0) is 42.3 Å². The summed E-state index contributed by atoms with van der Waals surface area (Å²) in [7, 11) is 0. The molecule has 0 radical (unpaired) electrons. The average molecular weight is 353 g/mol. The maximum absolute atomic E-state index is 12.6. The van der Waals surface area contributed by atoms with Gasteiger partial charge in [0.15, 0.2) is 5.78 Å². The van der Waals surface area contributed by atoms with Crippen LogP contribution >= 0.6 is 11.3 Å². The van der Waals surface area contributed by atoms with Crippen LogP contribution in [0, 0.1) is 17.8 Å². The normalized spacial score (nSPS) is 32.0. The summed E-state index contributed by atoms with van der Waals surface area (Å²) in [4.78, 5) is 26.4. The van der Waals surface area contributed by atoms with E-state index in [4.69, 9.17) is 4.74 Å². The summed E-state index contributed by atoms with van der Waals surface area (Å²) >= 11 is 1.65. The zero-order valence-electron chi connectivity index (χ0n) is 13.7. The van der Waals surface area contributed by atoms with Gasteiger partial charge in [0.25, 0.3) is 0 Å². The fourth-order valence-electron chi connectivity index (χ4n) is 4.82. The van der Waals surface area contributed by atoms with Gasteiger partial charge in [-0.15, -0.1) is 11.3 Å². The Morgan fingerprint density at radius 2 is 2.16 bits per heavy atom. The lowest BCUT2D eigenvalue weighted by Gasteiger charge is -2.37. The highest BCUT2D eigenvalue weighted by molar-refractivity contribution is 7.09. The third-order valence-corrected chi connectivity index (χ3v) is 6.83. The molecule has 5 heteroatoms. The number of ether oxygens (including phenoxy) is 1. The van der Waals surface area contributed by atoms with E-state index in [1.807, 2.05) is 41.8 Å². The molecule has 128 valence electrons. The Hall–Kier alpha value is -2.14. The van der Waals surface area contributed by atoms with Crippen molar-refractivity contribution in [3.63, 3.8) is 0 Å². The molecule has 1 amide bonds. The Morgan fingerprint density at radius 3 is 3.00 bits per heavy atom. The maximum atomic E-state index is 12.6. The molecule has 1 N–H and O–H groups in total. The molecule has 0 unspecified atom stereocenters. The van der Waals surface area contributed by atoms with E-state index >= 15 is 0 Å². The Morgan fingerprint density at radius 1 is 1.28 bits per heavy atom. The molecule has 1 aromatic heterocycles. The van der Waals surface area contributed by atoms with Gasteiger partial charge < -0.3 is 10.1 Å². The minimum absolute atomic E-state index is 0.00762. The second-order valence-corrected chi connectivity index (χ2v) is 8.35. The number of carbonyl (C=O) groups excluding carboxylic acids is 2. The first-order valence-electron chi connectivity index (χ1n) is 8.79. The summed E-state index contributed by atoms with van der Waals surface area (Å²) in [6.45, 7) is 0.585. The van der Waals surface area contributed by atoms with Crippen LogP contribution in [0.5, 0.6) is 5.75 Å². The molecule has 4 nitrogen and oxygen atoms in total. The van der Waals surface area contributed by atoms with Crippen molar-refractivity contribution in [1.29, 1.82) is 0 Å². The zero-order chi connectivity index (χ0) is 17.0. The molecule has 3 aliphatic rings. The van der Waals surface area contributed by atoms with Gasteiger partial charge in [-0.3, -0.25) is 9.59 Å². The first-order chi connectivity index (χ1) is 12.2. The van der Waals surface area contributed by atoms with Crippen molar-refractivity contribution in [3.05, 3.63) is 52.2 Å². The number of ketones is 1. The van der Waals surface area contributed by atoms with Crippen LogP contribution in [0.2, 0.25) is 0 Å². The second-order valence-electron chi connectivity index (χ2n) is 7.31. The molecule has 1 aromatic carbocycles. The van der Waals surface area contributed by atoms with Crippen molar-refractivity contribution in [1.82, 2.24) is 5.32 Å². The van der Waals surface area contributed by atoms with E-state index < -0.39 is 5.60 Å². The first-order valence-corrected chi connectivity index (χ1v) is 9.67. The number of hydrogen-bond acceptors (Lipinski definition) is 4. The van der Waals surface area contributed by atoms with E-state index in [2.05, 4.69) is 5.32 Å². The first kappa shape index (κ1) is 15.1. The number of carbonyl (C=O) groups is 2. The smallest absolute Gasteiger partial charge is 0.224 e. The van der Waals surface area contributed by atoms with E-state index in [1.165, 1.54) is 0 Å². The molecule has 25 heavy (non-hydrogen) atoms. The Kier molecular flexibility index (Phi) is 3.29. The van der Waals surface area contributed by atoms with E-state index in [9.17, 15) is 9.59 Å². The van der Waals surface area contributed by atoms with Crippen LogP contribution in [-0.4, -0.2) is 17.3 Å². The summed E-state index contributed by atoms with van der Waals surface area (Å²) < 4.78 is 6.34. The predicted octanol–water partition coefficient (Wildman–Crippen LogP) is 3.42. The highest BCUT2D eigenvalue weighted by atomic mass is 32.1. The molecule has 0 bridgehead atoms. The Balaban J connectivity index is 1.33. The quantitative estimate of drug-likeness (QED) is 0.920. The van der Waals surface area contributed by atoms with Gasteiger partial charge in [0.2, 0.25) is 5.91 Å². The van der Waals surface area contributed by atoms with Crippen molar-refractivity contribution in [3.8, 4) is 5.75 Å². The standard InChI is InChI=1S/C20H19NO3S/c22-15-10-20(24-16-6-2-1-5-13(15)16)8-7-14-17(18(14)20)19(23)21-11-12-4-3-9-25-12/h1-6,9,14,17-18H,7-8,10-11H2,(H,21,23)/t14-,17+,18+,20-/m0/s1. The second kappa shape index (κ2) is 5.43. The number of nitrogens with one attached hydrogen (secondary N) is 1. The van der Waals surface area contributed by atoms with Gasteiger partial charge >= 0.3 is 0 Å². The summed E-state index contributed by atoms with van der Waals surface area (Å²) in [5.74, 6) is 1.47. The molecule has 2 heterocycles. The lowest BCUT2D eigenvalue weighted by molar-refractivity contribution is -0.124. The number of rotatable bonds is 3. The highest BCUT2D eigenvalue weighted by Gasteiger charge is 2.70. The number of thiophene rings is 1. The van der Waals surface area contributed by atoms with Crippen LogP contribution in [0.4, 0.5) is 0 Å². The molecule has 4 atom stereocenters. The zero-order valence-corrected chi connectivity index (χ0v) is 14.6. The fraction of sp³-hybridized carbons (Fsp3) is 0.400. The largest absolute Gasteiger partial charge is 0.486 e. The molecular weight excluding hydrogens is 334 g/mol. The number of hydrogen-bond donors (Lipinski definition) is 1. The lowest BCUT2D eigenvalue weighted by atomic mass is 9.84. The van der Waals surface area contributed by atoms with E-state index in [0.29, 0.717) is 30.2 Å². The number of Topliss-reactive ketones (excluding diaryl/α,β-unsaturated/α-hetero) is 1. The van der Waals surface area contributed by atoms with Crippen molar-refractivity contribution in [2.24, 2.45) is 17.8 Å². The molecule has 2 fully saturated rings. The van der Waals surface area contributed by atoms with Crippen LogP contribution in [0.1, 0.15) is 34.5 Å². The van der Waals surface area contributed by atoms with Gasteiger partial charge in [0.1, 0.15) is 11.4 Å². The van der Waals surface area contributed by atoms with E-state index in [-0.39, 0.29) is 23.5 Å². The molecule has 2 saturated carbocycles. The van der Waals surface area contributed by atoms with Crippen molar-refractivity contribution in [2.45, 2.75) is 31.4 Å². The molecule has 0 saturated heterocycles. The maximum Gasteiger partial charge on any atom is 0.224 e. The molecule has 5 rings (SSSR count). The van der Waals surface area contributed by atoms with Crippen LogP contribution in [0.3, 0.4) is 0 Å². The summed E-state index contributed by atoms with van der Waals surface area (Å²) in [6.07, 6.45) is 2.24. The molecular formula is C20H19NO3S. The van der Waals surface area contributed by atoms with Crippen LogP contribution in [0.25, 0.3) is 0 Å². The fourth-order valence-corrected chi connectivity index (χ4v) is 5.47. The minimum atomic E-state index is -0.471. The topological polar surface area (TPSA) is 55.4 Å². The van der Waals surface area contributed by atoms with Crippen LogP contribution in [-0.2, 0) is 11.3 Å². The lowest BCUT2D eigenvalue weighted by Crippen LogP contribution is -2.44. The highest BCUT2D eigenvalue weighted by Crippen LogP contribution is 2.65. The average Bonchev–Trinajstić information content (AvgIpc) is 2.94. The number of para-hydroxylation sites is 1. The summed E-state index contributed by atoms with van der Waals surface area (Å²) in [6, 6.07) is 11.5. The monoisotopic (exact) mass is 353 g/mol. The van der Waals surface area contributed by atoms with Gasteiger partial charge in [-0.2, -0.15) is 0 Å². The molecule has 2 aliphatic carbocycles. The minimum Gasteiger partial charge on any atom is -0.486 e. The molecule has 1 aliphatic heterocycles. The number of amides is 1. The van der Waals surface area contributed by atoms with Gasteiger partial charge in [-0.1, -0.05) is 18.2 Å². The predicted molar refractivity (Wildman–Crippen MR) is 94.6 cm³/mol. The van der Waals surface area contributed by atoms with Crippen LogP contribution in [0.15, 0.2) is 41.8 Å². The molecule has 2 aromatic rings. The van der Waals surface area contributed by atoms with Crippen molar-refractivity contribution >= 4 is 23.0 Å². The third-order valence-electron chi connectivity index (χ3n) is 5.96. The summed E-state index contributed by atoms with van der Waals surface area (Å²) in [5.41, 5.74) is 0.206. The van der Waals surface area contributed by atoms with E-state index in [1.54, 1.807) is 11.3 Å². The van der Waals surface area contributed by atoms with Gasteiger partial charge in [-0.25, -0.2) is 0 Å². The number of benzene rings is 1. The van der Waals surface area contributed by atoms with Gasteiger partial charge in [0, 0.05) is 16.7 Å². The SMILES string of the molecule is O=C1C[C@]2(CC[C@H]3[C@@H](C(=O)NCc4cccs4)[C@@H]32)Oc2ccccc21. The van der Waals surface area contributed by atoms with E-state index in [0.717, 1.165) is 17.7 Å². The van der Waals surface area contributed by atoms with Crippen LogP contribution < -0.4 is 10.1 Å². The van der Waals surface area contributed by atoms with Crippen molar-refractivity contribution in [2.75, 3.05) is 0 Å². The molecule has 1 spiro atoms. The third kappa shape index (κ3) is 2.33. The van der Waals surface area contributed by atoms with Crippen molar-refractivity contribution < 1.29 is 14.3 Å². The Labute approximate surface area is 150 Å². The number of fused-ring (bicyclic) bond motifs is 3. The summed E-state index contributed by atoms with van der Waals surface area (Å²) in [5, 5.41) is 5.07. The van der Waals surface area contributed by atoms with Gasteiger partial charge in [0.05, 0.1) is 18.5 Å². The Bertz CT molecular complexity index is 846.